The van der Waals surface area contributed by atoms with Crippen molar-refractivity contribution >= 4 is 5.91 Å². The van der Waals surface area contributed by atoms with E-state index in [2.05, 4.69) is 22.4 Å². The number of nitrogens with two attached hydrogens (primary N) is 1. The highest BCUT2D eigenvalue weighted by molar-refractivity contribution is 5.74. The molecule has 2 rings (SSSR count). The van der Waals surface area contributed by atoms with Crippen molar-refractivity contribution in [2.24, 2.45) is 5.73 Å². The summed E-state index contributed by atoms with van der Waals surface area (Å²) in [5.74, 6) is -0.444. The van der Waals surface area contributed by atoms with Gasteiger partial charge in [-0.1, -0.05) is 12.1 Å². The largest absolute Gasteiger partial charge is 0.370 e. The van der Waals surface area contributed by atoms with E-state index in [0.717, 1.165) is 12.2 Å². The maximum absolute atomic E-state index is 10.5. The highest BCUT2D eigenvalue weighted by atomic mass is 16.5. The van der Waals surface area contributed by atoms with Crippen LogP contribution in [0.25, 0.3) is 5.69 Å². The third-order valence-corrected chi connectivity index (χ3v) is 2.74. The first-order valence-electron chi connectivity index (χ1n) is 6.40. The highest BCUT2D eigenvalue weighted by Gasteiger charge is 1.97. The predicted molar refractivity (Wildman–Crippen MR) is 75.3 cm³/mol. The molecule has 0 bridgehead atoms. The number of primary amides is 1. The highest BCUT2D eigenvalue weighted by Crippen LogP contribution is 2.08. The van der Waals surface area contributed by atoms with Gasteiger partial charge in [0.05, 0.1) is 12.9 Å². The van der Waals surface area contributed by atoms with Crippen molar-refractivity contribution in [1.82, 2.24) is 14.9 Å². The minimum absolute atomic E-state index is 0.0265. The van der Waals surface area contributed by atoms with Crippen molar-refractivity contribution in [3.05, 3.63) is 48.5 Å². The van der Waals surface area contributed by atoms with Crippen LogP contribution in [0.5, 0.6) is 0 Å². The van der Waals surface area contributed by atoms with E-state index in [4.69, 9.17) is 10.5 Å². The summed E-state index contributed by atoms with van der Waals surface area (Å²) in [6, 6.07) is 8.21. The van der Waals surface area contributed by atoms with Crippen LogP contribution in [0.1, 0.15) is 5.56 Å². The van der Waals surface area contributed by atoms with Crippen molar-refractivity contribution in [1.29, 1.82) is 0 Å². The molecule has 1 aromatic heterocycles. The van der Waals surface area contributed by atoms with Crippen LogP contribution >= 0.6 is 0 Å². The van der Waals surface area contributed by atoms with Crippen LogP contribution in [-0.2, 0) is 16.1 Å². The van der Waals surface area contributed by atoms with Crippen LogP contribution in [0.15, 0.2) is 43.0 Å². The molecule has 0 saturated heterocycles. The van der Waals surface area contributed by atoms with E-state index in [9.17, 15) is 4.79 Å². The number of carbonyl (C=O) groups is 1. The summed E-state index contributed by atoms with van der Waals surface area (Å²) in [6.07, 6.45) is 5.42. The second-order valence-corrected chi connectivity index (χ2v) is 4.33. The normalized spacial score (nSPS) is 10.6. The predicted octanol–water partition coefficient (Wildman–Crippen LogP) is 0.464. The number of rotatable bonds is 8. The van der Waals surface area contributed by atoms with E-state index in [1.54, 1.807) is 12.5 Å². The summed E-state index contributed by atoms with van der Waals surface area (Å²) in [6.45, 7) is 1.87. The number of aromatic nitrogens is 2. The zero-order valence-corrected chi connectivity index (χ0v) is 11.2. The molecule has 1 heterocycles. The molecule has 0 aliphatic carbocycles. The average molecular weight is 274 g/mol. The van der Waals surface area contributed by atoms with E-state index in [0.29, 0.717) is 13.2 Å². The molecule has 0 aliphatic rings. The SMILES string of the molecule is NC(=O)COCCNCc1ccc(-n2ccnc2)cc1. The smallest absolute Gasteiger partial charge is 0.243 e. The Morgan fingerprint density at radius 2 is 2.15 bits per heavy atom. The van der Waals surface area contributed by atoms with Gasteiger partial charge in [-0.25, -0.2) is 4.98 Å². The van der Waals surface area contributed by atoms with Crippen LogP contribution in [0.4, 0.5) is 0 Å². The fraction of sp³-hybridized carbons (Fsp3) is 0.286. The summed E-state index contributed by atoms with van der Waals surface area (Å²) in [7, 11) is 0. The first-order chi connectivity index (χ1) is 9.75. The van der Waals surface area contributed by atoms with Gasteiger partial charge in [0.1, 0.15) is 6.61 Å². The van der Waals surface area contributed by atoms with Gasteiger partial charge in [0.2, 0.25) is 5.91 Å². The number of benzene rings is 1. The molecule has 6 nitrogen and oxygen atoms in total. The number of nitrogens with one attached hydrogen (secondary N) is 1. The number of amides is 1. The fourth-order valence-corrected chi connectivity index (χ4v) is 1.75. The third-order valence-electron chi connectivity index (χ3n) is 2.74. The Morgan fingerprint density at radius 1 is 1.35 bits per heavy atom. The van der Waals surface area contributed by atoms with Gasteiger partial charge in [-0.2, -0.15) is 0 Å². The van der Waals surface area contributed by atoms with E-state index >= 15 is 0 Å². The number of ether oxygens (including phenoxy) is 1. The lowest BCUT2D eigenvalue weighted by Gasteiger charge is -2.07. The van der Waals surface area contributed by atoms with Crippen molar-refractivity contribution in [2.75, 3.05) is 19.8 Å². The minimum Gasteiger partial charge on any atom is -0.370 e. The molecule has 0 spiro atoms. The third kappa shape index (κ3) is 4.49. The number of hydrogen-bond donors (Lipinski definition) is 2. The Kier molecular flexibility index (Phi) is 5.28. The Morgan fingerprint density at radius 3 is 2.80 bits per heavy atom. The molecule has 1 aromatic carbocycles. The van der Waals surface area contributed by atoms with E-state index in [-0.39, 0.29) is 6.61 Å². The molecule has 0 atom stereocenters. The summed E-state index contributed by atoms with van der Waals surface area (Å²) in [5.41, 5.74) is 7.23. The van der Waals surface area contributed by atoms with Crippen molar-refractivity contribution in [3.63, 3.8) is 0 Å². The Bertz CT molecular complexity index is 523. The first kappa shape index (κ1) is 14.2. The van der Waals surface area contributed by atoms with Crippen molar-refractivity contribution in [2.45, 2.75) is 6.54 Å². The fourth-order valence-electron chi connectivity index (χ4n) is 1.75. The monoisotopic (exact) mass is 274 g/mol. The molecule has 6 heteroatoms. The number of imidazole rings is 1. The second kappa shape index (κ2) is 7.42. The van der Waals surface area contributed by atoms with Crippen LogP contribution in [0.2, 0.25) is 0 Å². The van der Waals surface area contributed by atoms with Crippen LogP contribution < -0.4 is 11.1 Å². The summed E-state index contributed by atoms with van der Waals surface area (Å²) < 4.78 is 7.01. The molecule has 0 radical (unpaired) electrons. The molecule has 0 fully saturated rings. The average Bonchev–Trinajstić information content (AvgIpc) is 2.97. The zero-order valence-electron chi connectivity index (χ0n) is 11.2. The minimum atomic E-state index is -0.444. The molecule has 0 unspecified atom stereocenters. The number of hydrogen-bond acceptors (Lipinski definition) is 4. The van der Waals surface area contributed by atoms with Gasteiger partial charge in [0.25, 0.3) is 0 Å². The topological polar surface area (TPSA) is 82.2 Å². The quantitative estimate of drug-likeness (QED) is 0.685. The van der Waals surface area contributed by atoms with E-state index in [1.807, 2.05) is 22.9 Å². The van der Waals surface area contributed by atoms with E-state index < -0.39 is 5.91 Å². The summed E-state index contributed by atoms with van der Waals surface area (Å²) in [5, 5.41) is 3.23. The molecular weight excluding hydrogens is 256 g/mol. The van der Waals surface area contributed by atoms with Gasteiger partial charge in [-0.3, -0.25) is 4.79 Å². The first-order valence-corrected chi connectivity index (χ1v) is 6.40. The Hall–Kier alpha value is -2.18. The number of nitrogens with zero attached hydrogens (tertiary/aromatic N) is 2. The van der Waals surface area contributed by atoms with Crippen LogP contribution in [0.3, 0.4) is 0 Å². The Labute approximate surface area is 117 Å². The molecule has 2 aromatic rings. The lowest BCUT2D eigenvalue weighted by atomic mass is 10.2. The van der Waals surface area contributed by atoms with Crippen molar-refractivity contribution in [3.8, 4) is 5.69 Å². The van der Waals surface area contributed by atoms with Gasteiger partial charge in [-0.15, -0.1) is 0 Å². The molecule has 0 saturated carbocycles. The molecular formula is C14H18N4O2. The maximum atomic E-state index is 10.5. The van der Waals surface area contributed by atoms with Gasteiger partial charge < -0.3 is 20.4 Å². The lowest BCUT2D eigenvalue weighted by Crippen LogP contribution is -2.23. The van der Waals surface area contributed by atoms with Gasteiger partial charge in [0, 0.05) is 31.2 Å². The lowest BCUT2D eigenvalue weighted by molar-refractivity contribution is -0.122. The van der Waals surface area contributed by atoms with E-state index in [1.165, 1.54) is 5.56 Å². The summed E-state index contributed by atoms with van der Waals surface area (Å²) >= 11 is 0. The molecule has 3 N–H and O–H groups in total. The van der Waals surface area contributed by atoms with Gasteiger partial charge in [-0.05, 0) is 17.7 Å². The zero-order chi connectivity index (χ0) is 14.2. The maximum Gasteiger partial charge on any atom is 0.243 e. The van der Waals surface area contributed by atoms with Crippen LogP contribution in [0, 0.1) is 0 Å². The Balaban J connectivity index is 1.70. The summed E-state index contributed by atoms with van der Waals surface area (Å²) in [4.78, 5) is 14.5. The molecule has 106 valence electrons. The van der Waals surface area contributed by atoms with Gasteiger partial charge >= 0.3 is 0 Å². The molecule has 1 amide bonds. The standard InChI is InChI=1S/C14H18N4O2/c15-14(19)10-20-8-6-16-9-12-1-3-13(4-2-12)18-7-5-17-11-18/h1-5,7,11,16H,6,8-10H2,(H2,15,19). The molecule has 20 heavy (non-hydrogen) atoms. The van der Waals surface area contributed by atoms with Crippen LogP contribution in [-0.4, -0.2) is 35.2 Å². The van der Waals surface area contributed by atoms with Gasteiger partial charge in [0.15, 0.2) is 0 Å². The molecule has 0 aliphatic heterocycles. The second-order valence-electron chi connectivity index (χ2n) is 4.33. The number of carbonyl (C=O) groups excluding carboxylic acids is 1. The van der Waals surface area contributed by atoms with Crippen molar-refractivity contribution < 1.29 is 9.53 Å².